The first-order chi connectivity index (χ1) is 7.33. The van der Waals surface area contributed by atoms with Crippen molar-refractivity contribution in [3.05, 3.63) is 0 Å². The summed E-state index contributed by atoms with van der Waals surface area (Å²) in [5, 5.41) is 12.5. The molecule has 1 saturated carbocycles. The predicted octanol–water partition coefficient (Wildman–Crippen LogP) is 1.17. The van der Waals surface area contributed by atoms with Crippen molar-refractivity contribution < 1.29 is 9.90 Å². The molecule has 0 heterocycles. The molecule has 0 aromatic rings. The fourth-order valence-corrected chi connectivity index (χ4v) is 2.08. The van der Waals surface area contributed by atoms with E-state index in [0.717, 1.165) is 19.4 Å². The molecule has 1 aliphatic carbocycles. The first kappa shape index (κ1) is 13.5. The molecule has 1 rings (SSSR count). The van der Waals surface area contributed by atoms with E-state index in [1.54, 1.807) is 6.92 Å². The smallest absolute Gasteiger partial charge is 0.324 e. The Morgan fingerprint density at radius 3 is 2.50 bits per heavy atom. The van der Waals surface area contributed by atoms with Gasteiger partial charge in [0.05, 0.1) is 0 Å². The second-order valence-electron chi connectivity index (χ2n) is 5.65. The van der Waals surface area contributed by atoms with Gasteiger partial charge in [-0.05, 0) is 32.7 Å². The Hall–Kier alpha value is -0.610. The van der Waals surface area contributed by atoms with Crippen LogP contribution in [-0.4, -0.2) is 47.7 Å². The number of nitrogens with one attached hydrogen (secondary N) is 1. The first-order valence-electron chi connectivity index (χ1n) is 6.03. The number of likely N-dealkylation sites (N-methyl/N-ethyl adjacent to an activating group) is 1. The molecule has 0 aromatic heterocycles. The van der Waals surface area contributed by atoms with E-state index in [4.69, 9.17) is 0 Å². The molecule has 4 heteroatoms. The van der Waals surface area contributed by atoms with Crippen LogP contribution >= 0.6 is 0 Å². The van der Waals surface area contributed by atoms with E-state index in [-0.39, 0.29) is 0 Å². The Kier molecular flexibility index (Phi) is 4.33. The zero-order valence-electron chi connectivity index (χ0n) is 10.8. The van der Waals surface area contributed by atoms with Gasteiger partial charge in [0.1, 0.15) is 5.54 Å². The van der Waals surface area contributed by atoms with Gasteiger partial charge in [0.2, 0.25) is 0 Å². The molecule has 0 saturated heterocycles. The SMILES string of the molecule is CC(C)CN(C)CC(C)(NC1CC1)C(=O)O. The Labute approximate surface area is 98.0 Å². The van der Waals surface area contributed by atoms with Crippen molar-refractivity contribution in [2.45, 2.75) is 45.2 Å². The zero-order chi connectivity index (χ0) is 12.3. The molecule has 0 radical (unpaired) electrons. The van der Waals surface area contributed by atoms with Gasteiger partial charge < -0.3 is 10.0 Å². The van der Waals surface area contributed by atoms with Crippen LogP contribution in [0.3, 0.4) is 0 Å². The van der Waals surface area contributed by atoms with Gasteiger partial charge >= 0.3 is 5.97 Å². The number of rotatable bonds is 7. The minimum absolute atomic E-state index is 0.411. The van der Waals surface area contributed by atoms with Gasteiger partial charge in [0.15, 0.2) is 0 Å². The van der Waals surface area contributed by atoms with E-state index >= 15 is 0 Å². The zero-order valence-corrected chi connectivity index (χ0v) is 10.8. The van der Waals surface area contributed by atoms with Gasteiger partial charge in [0.25, 0.3) is 0 Å². The van der Waals surface area contributed by atoms with Crippen LogP contribution in [-0.2, 0) is 4.79 Å². The highest BCUT2D eigenvalue weighted by molar-refractivity contribution is 5.78. The van der Waals surface area contributed by atoms with Crippen molar-refractivity contribution in [1.29, 1.82) is 0 Å². The lowest BCUT2D eigenvalue weighted by Crippen LogP contribution is -2.57. The average molecular weight is 228 g/mol. The van der Waals surface area contributed by atoms with E-state index in [2.05, 4.69) is 24.1 Å². The molecule has 16 heavy (non-hydrogen) atoms. The molecule has 0 bridgehead atoms. The lowest BCUT2D eigenvalue weighted by Gasteiger charge is -2.32. The average Bonchev–Trinajstić information content (AvgIpc) is 2.85. The van der Waals surface area contributed by atoms with Crippen molar-refractivity contribution in [2.24, 2.45) is 5.92 Å². The largest absolute Gasteiger partial charge is 0.480 e. The Balaban J connectivity index is 2.51. The Morgan fingerprint density at radius 2 is 2.12 bits per heavy atom. The van der Waals surface area contributed by atoms with Crippen molar-refractivity contribution in [2.75, 3.05) is 20.1 Å². The fourth-order valence-electron chi connectivity index (χ4n) is 2.08. The maximum absolute atomic E-state index is 11.3. The van der Waals surface area contributed by atoms with Crippen molar-refractivity contribution in [1.82, 2.24) is 10.2 Å². The molecule has 1 aliphatic rings. The molecule has 1 fully saturated rings. The molecular weight excluding hydrogens is 204 g/mol. The van der Waals surface area contributed by atoms with Crippen molar-refractivity contribution >= 4 is 5.97 Å². The van der Waals surface area contributed by atoms with E-state index in [0.29, 0.717) is 18.5 Å². The van der Waals surface area contributed by atoms with Crippen LogP contribution in [0.1, 0.15) is 33.6 Å². The summed E-state index contributed by atoms with van der Waals surface area (Å²) < 4.78 is 0. The standard InChI is InChI=1S/C12H24N2O2/c1-9(2)7-14(4)8-12(3,11(15)16)13-10-5-6-10/h9-10,13H,5-8H2,1-4H3,(H,15,16). The summed E-state index contributed by atoms with van der Waals surface area (Å²) in [5.41, 5.74) is -0.815. The van der Waals surface area contributed by atoms with E-state index < -0.39 is 11.5 Å². The van der Waals surface area contributed by atoms with Gasteiger partial charge in [-0.2, -0.15) is 0 Å². The number of carbonyl (C=O) groups is 1. The van der Waals surface area contributed by atoms with Gasteiger partial charge in [-0.1, -0.05) is 13.8 Å². The summed E-state index contributed by atoms with van der Waals surface area (Å²) in [6.45, 7) is 7.54. The summed E-state index contributed by atoms with van der Waals surface area (Å²) in [6.07, 6.45) is 2.22. The third kappa shape index (κ3) is 4.10. The second-order valence-corrected chi connectivity index (χ2v) is 5.65. The number of nitrogens with zero attached hydrogens (tertiary/aromatic N) is 1. The van der Waals surface area contributed by atoms with E-state index in [1.165, 1.54) is 0 Å². The molecule has 0 amide bonds. The Morgan fingerprint density at radius 1 is 1.56 bits per heavy atom. The highest BCUT2D eigenvalue weighted by atomic mass is 16.4. The van der Waals surface area contributed by atoms with Gasteiger partial charge in [-0.15, -0.1) is 0 Å². The Bertz CT molecular complexity index is 251. The molecule has 94 valence electrons. The van der Waals surface area contributed by atoms with Crippen molar-refractivity contribution in [3.8, 4) is 0 Å². The minimum Gasteiger partial charge on any atom is -0.480 e. The molecule has 1 unspecified atom stereocenters. The monoisotopic (exact) mass is 228 g/mol. The summed E-state index contributed by atoms with van der Waals surface area (Å²) in [4.78, 5) is 13.4. The molecule has 0 aliphatic heterocycles. The number of aliphatic carboxylic acids is 1. The normalized spacial score (nSPS) is 20.1. The summed E-state index contributed by atoms with van der Waals surface area (Å²) >= 11 is 0. The molecule has 2 N–H and O–H groups in total. The number of carboxylic acids is 1. The fraction of sp³-hybridized carbons (Fsp3) is 0.917. The quantitative estimate of drug-likeness (QED) is 0.687. The van der Waals surface area contributed by atoms with Crippen LogP contribution in [0.4, 0.5) is 0 Å². The van der Waals surface area contributed by atoms with Gasteiger partial charge in [-0.25, -0.2) is 0 Å². The number of carboxylic acid groups (broad SMARTS) is 1. The number of hydrogen-bond donors (Lipinski definition) is 2. The van der Waals surface area contributed by atoms with Gasteiger partial charge in [0, 0.05) is 19.1 Å². The first-order valence-corrected chi connectivity index (χ1v) is 6.03. The third-order valence-electron chi connectivity index (χ3n) is 2.84. The van der Waals surface area contributed by atoms with E-state index in [1.807, 2.05) is 7.05 Å². The van der Waals surface area contributed by atoms with Crippen LogP contribution in [0.5, 0.6) is 0 Å². The lowest BCUT2D eigenvalue weighted by atomic mass is 10.0. The summed E-state index contributed by atoms with van der Waals surface area (Å²) in [6, 6.07) is 0.411. The maximum Gasteiger partial charge on any atom is 0.324 e. The molecule has 0 aromatic carbocycles. The van der Waals surface area contributed by atoms with Crippen LogP contribution in [0.15, 0.2) is 0 Å². The van der Waals surface area contributed by atoms with Crippen molar-refractivity contribution in [3.63, 3.8) is 0 Å². The second kappa shape index (κ2) is 5.15. The third-order valence-corrected chi connectivity index (χ3v) is 2.84. The molecule has 0 spiro atoms. The lowest BCUT2D eigenvalue weighted by molar-refractivity contribution is -0.145. The van der Waals surface area contributed by atoms with Crippen LogP contribution in [0.25, 0.3) is 0 Å². The summed E-state index contributed by atoms with van der Waals surface area (Å²) in [7, 11) is 1.98. The molecule has 4 nitrogen and oxygen atoms in total. The highest BCUT2D eigenvalue weighted by Crippen LogP contribution is 2.23. The van der Waals surface area contributed by atoms with Gasteiger partial charge in [-0.3, -0.25) is 10.1 Å². The minimum atomic E-state index is -0.815. The maximum atomic E-state index is 11.3. The number of hydrogen-bond acceptors (Lipinski definition) is 3. The van der Waals surface area contributed by atoms with E-state index in [9.17, 15) is 9.90 Å². The predicted molar refractivity (Wildman–Crippen MR) is 64.5 cm³/mol. The van der Waals surface area contributed by atoms with Crippen LogP contribution in [0, 0.1) is 5.92 Å². The molecule has 1 atom stereocenters. The van der Waals surface area contributed by atoms with Crippen LogP contribution < -0.4 is 5.32 Å². The summed E-state index contributed by atoms with van der Waals surface area (Å²) in [5.74, 6) is -0.195. The topological polar surface area (TPSA) is 52.6 Å². The van der Waals surface area contributed by atoms with Crippen LogP contribution in [0.2, 0.25) is 0 Å². The highest BCUT2D eigenvalue weighted by Gasteiger charge is 2.39. The molecular formula is C12H24N2O2.